The second-order valence-corrected chi connectivity index (χ2v) is 7.62. The number of hydrogen-bond acceptors (Lipinski definition) is 5. The predicted molar refractivity (Wildman–Crippen MR) is 92.1 cm³/mol. The molecule has 0 unspecified atom stereocenters. The minimum Gasteiger partial charge on any atom is -0.545 e. The number of benzene rings is 2. The summed E-state index contributed by atoms with van der Waals surface area (Å²) >= 11 is 0. The summed E-state index contributed by atoms with van der Waals surface area (Å²) in [5.74, 6) is -1.99. The van der Waals surface area contributed by atoms with Crippen LogP contribution in [0.1, 0.15) is 27.0 Å². The molecule has 0 saturated carbocycles. The molecule has 2 aromatic carbocycles. The maximum atomic E-state index is 13.8. The fourth-order valence-electron chi connectivity index (χ4n) is 2.40. The van der Waals surface area contributed by atoms with Crippen LogP contribution in [0.5, 0.6) is 5.75 Å². The van der Waals surface area contributed by atoms with Crippen LogP contribution in [-0.2, 0) is 10.0 Å². The summed E-state index contributed by atoms with van der Waals surface area (Å²) in [5.41, 5.74) is 2.60. The first-order chi connectivity index (χ1) is 12.1. The van der Waals surface area contributed by atoms with E-state index in [4.69, 9.17) is 4.74 Å². The summed E-state index contributed by atoms with van der Waals surface area (Å²) < 4.78 is 46.0. The molecule has 0 aromatic heterocycles. The van der Waals surface area contributed by atoms with Gasteiger partial charge in [0.2, 0.25) is 10.0 Å². The molecule has 8 heteroatoms. The Morgan fingerprint density at radius 3 is 2.54 bits per heavy atom. The van der Waals surface area contributed by atoms with Gasteiger partial charge in [-0.25, -0.2) is 17.5 Å². The molecular formula is C18H19FNO5S-. The number of aryl methyl sites for hydroxylation is 2. The van der Waals surface area contributed by atoms with Gasteiger partial charge in [0.15, 0.2) is 0 Å². The molecule has 0 heterocycles. The van der Waals surface area contributed by atoms with Crippen molar-refractivity contribution in [1.29, 1.82) is 0 Å². The average molecular weight is 380 g/mol. The standard InChI is InChI=1S/C18H20FNO5S/c1-11-8-12(2)13(3)16(9-11)25-7-6-20-26(23,24)17-10-14(18(21)22)4-5-15(17)19/h4-5,8-10,20H,6-7H2,1-3H3,(H,21,22)/p-1. The van der Waals surface area contributed by atoms with E-state index in [-0.39, 0.29) is 13.2 Å². The average Bonchev–Trinajstić information content (AvgIpc) is 2.55. The van der Waals surface area contributed by atoms with Crippen LogP contribution in [0.25, 0.3) is 0 Å². The number of carboxylic acids is 1. The van der Waals surface area contributed by atoms with Crippen molar-refractivity contribution in [3.8, 4) is 5.75 Å². The second kappa shape index (κ2) is 7.84. The van der Waals surface area contributed by atoms with Crippen molar-refractivity contribution in [3.63, 3.8) is 0 Å². The number of rotatable bonds is 7. The molecule has 1 N–H and O–H groups in total. The number of sulfonamides is 1. The smallest absolute Gasteiger partial charge is 0.243 e. The third-order valence-electron chi connectivity index (χ3n) is 3.87. The summed E-state index contributed by atoms with van der Waals surface area (Å²) in [4.78, 5) is 10.1. The SMILES string of the molecule is Cc1cc(C)c(C)c(OCCNS(=O)(=O)c2cc(C(=O)[O-])ccc2F)c1. The summed E-state index contributed by atoms with van der Waals surface area (Å²) in [7, 11) is -4.22. The number of carbonyl (C=O) groups is 1. The predicted octanol–water partition coefficient (Wildman–Crippen LogP) is 1.47. The summed E-state index contributed by atoms with van der Waals surface area (Å²) in [5, 5.41) is 10.8. The van der Waals surface area contributed by atoms with Gasteiger partial charge < -0.3 is 14.6 Å². The third-order valence-corrected chi connectivity index (χ3v) is 5.35. The maximum absolute atomic E-state index is 13.8. The Kier molecular flexibility index (Phi) is 5.99. The Hall–Kier alpha value is -2.45. The molecule has 0 aliphatic rings. The molecule has 0 radical (unpaired) electrons. The molecule has 0 atom stereocenters. The lowest BCUT2D eigenvalue weighted by molar-refractivity contribution is -0.255. The van der Waals surface area contributed by atoms with Crippen molar-refractivity contribution in [2.24, 2.45) is 0 Å². The van der Waals surface area contributed by atoms with Crippen molar-refractivity contribution in [1.82, 2.24) is 4.72 Å². The maximum Gasteiger partial charge on any atom is 0.243 e. The van der Waals surface area contributed by atoms with Gasteiger partial charge >= 0.3 is 0 Å². The molecule has 0 saturated heterocycles. The number of ether oxygens (including phenoxy) is 1. The molecule has 0 fully saturated rings. The van der Waals surface area contributed by atoms with Crippen LogP contribution < -0.4 is 14.6 Å². The lowest BCUT2D eigenvalue weighted by Crippen LogP contribution is -2.30. The highest BCUT2D eigenvalue weighted by Gasteiger charge is 2.19. The number of carbonyl (C=O) groups excluding carboxylic acids is 1. The quantitative estimate of drug-likeness (QED) is 0.734. The minimum absolute atomic E-state index is 0.0325. The zero-order valence-corrected chi connectivity index (χ0v) is 15.4. The highest BCUT2D eigenvalue weighted by molar-refractivity contribution is 7.89. The van der Waals surface area contributed by atoms with Gasteiger partial charge in [-0.3, -0.25) is 0 Å². The summed E-state index contributed by atoms with van der Waals surface area (Å²) in [6.07, 6.45) is 0. The van der Waals surface area contributed by atoms with Crippen molar-refractivity contribution in [2.75, 3.05) is 13.2 Å². The van der Waals surface area contributed by atoms with Crippen LogP contribution in [0.2, 0.25) is 0 Å². The van der Waals surface area contributed by atoms with Crippen LogP contribution in [-0.4, -0.2) is 27.5 Å². The molecular weight excluding hydrogens is 361 g/mol. The zero-order chi connectivity index (χ0) is 19.5. The van der Waals surface area contributed by atoms with Gasteiger partial charge in [-0.05, 0) is 61.2 Å². The molecule has 0 amide bonds. The second-order valence-electron chi connectivity index (χ2n) is 5.88. The highest BCUT2D eigenvalue weighted by Crippen LogP contribution is 2.23. The van der Waals surface area contributed by atoms with Gasteiger partial charge in [-0.15, -0.1) is 0 Å². The zero-order valence-electron chi connectivity index (χ0n) is 14.6. The molecule has 0 spiro atoms. The molecule has 26 heavy (non-hydrogen) atoms. The molecule has 2 aromatic rings. The fourth-order valence-corrected chi connectivity index (χ4v) is 3.52. The van der Waals surface area contributed by atoms with Crippen molar-refractivity contribution < 1.29 is 27.4 Å². The fraction of sp³-hybridized carbons (Fsp3) is 0.278. The molecule has 2 rings (SSSR count). The number of carboxylic acid groups (broad SMARTS) is 1. The molecule has 0 aliphatic heterocycles. The van der Waals surface area contributed by atoms with Gasteiger partial charge in [0, 0.05) is 6.54 Å². The van der Waals surface area contributed by atoms with Gasteiger partial charge in [0.1, 0.15) is 23.1 Å². The number of halogens is 1. The van der Waals surface area contributed by atoms with E-state index < -0.39 is 32.3 Å². The van der Waals surface area contributed by atoms with Crippen LogP contribution >= 0.6 is 0 Å². The van der Waals surface area contributed by atoms with Gasteiger partial charge in [-0.2, -0.15) is 0 Å². The Bertz CT molecular complexity index is 941. The Labute approximate surface area is 151 Å². The van der Waals surface area contributed by atoms with E-state index in [1.807, 2.05) is 32.9 Å². The monoisotopic (exact) mass is 380 g/mol. The van der Waals surface area contributed by atoms with E-state index in [0.29, 0.717) is 5.75 Å². The van der Waals surface area contributed by atoms with Crippen molar-refractivity contribution >= 4 is 16.0 Å². The van der Waals surface area contributed by atoms with Crippen LogP contribution in [0.3, 0.4) is 0 Å². The molecule has 0 bridgehead atoms. The van der Waals surface area contributed by atoms with Crippen LogP contribution in [0.15, 0.2) is 35.2 Å². The first-order valence-corrected chi connectivity index (χ1v) is 9.31. The van der Waals surface area contributed by atoms with E-state index >= 15 is 0 Å². The van der Waals surface area contributed by atoms with Crippen LogP contribution in [0.4, 0.5) is 4.39 Å². The topological polar surface area (TPSA) is 95.5 Å². The minimum atomic E-state index is -4.22. The molecule has 6 nitrogen and oxygen atoms in total. The first kappa shape index (κ1) is 19.9. The highest BCUT2D eigenvalue weighted by atomic mass is 32.2. The van der Waals surface area contributed by atoms with E-state index in [0.717, 1.165) is 34.9 Å². The van der Waals surface area contributed by atoms with Gasteiger partial charge in [0.25, 0.3) is 0 Å². The van der Waals surface area contributed by atoms with E-state index in [9.17, 15) is 22.7 Å². The Morgan fingerprint density at radius 2 is 1.88 bits per heavy atom. The van der Waals surface area contributed by atoms with E-state index in [1.165, 1.54) is 0 Å². The molecule has 0 aliphatic carbocycles. The van der Waals surface area contributed by atoms with Gasteiger partial charge in [0.05, 0.1) is 5.97 Å². The Balaban J connectivity index is 2.06. The lowest BCUT2D eigenvalue weighted by atomic mass is 10.1. The van der Waals surface area contributed by atoms with Crippen molar-refractivity contribution in [3.05, 3.63) is 58.4 Å². The molecule has 140 valence electrons. The lowest BCUT2D eigenvalue weighted by Gasteiger charge is -2.13. The van der Waals surface area contributed by atoms with E-state index in [2.05, 4.69) is 4.72 Å². The Morgan fingerprint density at radius 1 is 1.19 bits per heavy atom. The van der Waals surface area contributed by atoms with Crippen LogP contribution in [0, 0.1) is 26.6 Å². The number of nitrogens with one attached hydrogen (secondary N) is 1. The third kappa shape index (κ3) is 4.59. The number of hydrogen-bond donors (Lipinski definition) is 1. The van der Waals surface area contributed by atoms with Gasteiger partial charge in [-0.1, -0.05) is 12.1 Å². The largest absolute Gasteiger partial charge is 0.545 e. The normalized spacial score (nSPS) is 11.4. The number of aromatic carboxylic acids is 1. The van der Waals surface area contributed by atoms with Crippen molar-refractivity contribution in [2.45, 2.75) is 25.7 Å². The summed E-state index contributed by atoms with van der Waals surface area (Å²) in [6, 6.07) is 6.30. The first-order valence-electron chi connectivity index (χ1n) is 7.83. The summed E-state index contributed by atoms with van der Waals surface area (Å²) in [6.45, 7) is 5.70. The van der Waals surface area contributed by atoms with E-state index in [1.54, 1.807) is 0 Å².